The number of aryl methyl sites for hydroxylation is 1. The molecule has 0 heterocycles. The number of carbonyl (C=O) groups is 2. The SMILES string of the molecule is COc1ccc(C(=O)NCC(=O)N/N=C\c2ccccc2OCc2ccc(C)cc2)cc1OC. The van der Waals surface area contributed by atoms with Crippen molar-refractivity contribution >= 4 is 18.0 Å². The predicted octanol–water partition coefficient (Wildman–Crippen LogP) is 3.47. The minimum absolute atomic E-state index is 0.240. The van der Waals surface area contributed by atoms with Gasteiger partial charge in [0.25, 0.3) is 11.8 Å². The second-order valence-electron chi connectivity index (χ2n) is 7.36. The molecule has 0 saturated carbocycles. The van der Waals surface area contributed by atoms with Crippen LogP contribution in [-0.4, -0.2) is 38.8 Å². The minimum atomic E-state index is -0.469. The molecule has 8 nitrogen and oxygen atoms in total. The molecule has 0 unspecified atom stereocenters. The Morgan fingerprint density at radius 2 is 1.65 bits per heavy atom. The van der Waals surface area contributed by atoms with E-state index in [1.54, 1.807) is 12.1 Å². The highest BCUT2D eigenvalue weighted by Crippen LogP contribution is 2.27. The highest BCUT2D eigenvalue weighted by molar-refractivity contribution is 5.97. The number of ether oxygens (including phenoxy) is 3. The number of rotatable bonds is 10. The zero-order valence-corrected chi connectivity index (χ0v) is 19.3. The lowest BCUT2D eigenvalue weighted by Crippen LogP contribution is -2.34. The van der Waals surface area contributed by atoms with Gasteiger partial charge in [0.15, 0.2) is 11.5 Å². The van der Waals surface area contributed by atoms with Crippen molar-refractivity contribution in [1.29, 1.82) is 0 Å². The average Bonchev–Trinajstić information content (AvgIpc) is 2.87. The van der Waals surface area contributed by atoms with E-state index in [2.05, 4.69) is 15.8 Å². The normalized spacial score (nSPS) is 10.6. The van der Waals surface area contributed by atoms with Gasteiger partial charge in [0.1, 0.15) is 12.4 Å². The fourth-order valence-corrected chi connectivity index (χ4v) is 3.02. The van der Waals surface area contributed by atoms with Crippen LogP contribution in [0.5, 0.6) is 17.2 Å². The summed E-state index contributed by atoms with van der Waals surface area (Å²) in [5.41, 5.74) is 5.69. The van der Waals surface area contributed by atoms with E-state index in [0.717, 1.165) is 5.56 Å². The molecular formula is C26H27N3O5. The number of hydrogen-bond acceptors (Lipinski definition) is 6. The van der Waals surface area contributed by atoms with Crippen LogP contribution in [0.25, 0.3) is 0 Å². The van der Waals surface area contributed by atoms with Gasteiger partial charge in [-0.05, 0) is 42.8 Å². The molecule has 34 heavy (non-hydrogen) atoms. The van der Waals surface area contributed by atoms with Crippen LogP contribution in [0, 0.1) is 6.92 Å². The van der Waals surface area contributed by atoms with Gasteiger partial charge < -0.3 is 19.5 Å². The van der Waals surface area contributed by atoms with E-state index in [0.29, 0.717) is 35.0 Å². The Labute approximate surface area is 198 Å². The first-order valence-electron chi connectivity index (χ1n) is 10.6. The maximum absolute atomic E-state index is 12.3. The number of hydrazone groups is 1. The maximum atomic E-state index is 12.3. The molecular weight excluding hydrogens is 434 g/mol. The van der Waals surface area contributed by atoms with Crippen molar-refractivity contribution in [1.82, 2.24) is 10.7 Å². The monoisotopic (exact) mass is 461 g/mol. The van der Waals surface area contributed by atoms with Crippen LogP contribution in [0.2, 0.25) is 0 Å². The van der Waals surface area contributed by atoms with Crippen LogP contribution in [0.1, 0.15) is 27.0 Å². The molecule has 0 spiro atoms. The van der Waals surface area contributed by atoms with Gasteiger partial charge in [-0.2, -0.15) is 5.10 Å². The number of amides is 2. The van der Waals surface area contributed by atoms with E-state index in [-0.39, 0.29) is 6.54 Å². The first-order valence-corrected chi connectivity index (χ1v) is 10.6. The standard InChI is InChI=1S/C26H27N3O5/c1-18-8-10-19(11-9-18)17-34-22-7-5-4-6-21(22)15-28-29-25(30)16-27-26(31)20-12-13-23(32-2)24(14-20)33-3/h4-15H,16-17H2,1-3H3,(H,27,31)(H,29,30)/b28-15-. The van der Waals surface area contributed by atoms with Crippen LogP contribution in [-0.2, 0) is 11.4 Å². The molecule has 0 aliphatic carbocycles. The zero-order valence-electron chi connectivity index (χ0n) is 19.3. The molecule has 3 rings (SSSR count). The first-order chi connectivity index (χ1) is 16.5. The second-order valence-corrected chi connectivity index (χ2v) is 7.36. The number of benzene rings is 3. The van der Waals surface area contributed by atoms with Crippen molar-refractivity contribution in [3.8, 4) is 17.2 Å². The third-order valence-corrected chi connectivity index (χ3v) is 4.88. The lowest BCUT2D eigenvalue weighted by Gasteiger charge is -2.10. The van der Waals surface area contributed by atoms with Crippen molar-refractivity contribution in [3.05, 3.63) is 89.0 Å². The second kappa shape index (κ2) is 12.1. The van der Waals surface area contributed by atoms with Gasteiger partial charge in [0.05, 0.1) is 27.0 Å². The third kappa shape index (κ3) is 6.83. The van der Waals surface area contributed by atoms with Crippen molar-refractivity contribution in [2.75, 3.05) is 20.8 Å². The predicted molar refractivity (Wildman–Crippen MR) is 130 cm³/mol. The van der Waals surface area contributed by atoms with E-state index in [1.165, 1.54) is 32.1 Å². The topological polar surface area (TPSA) is 98.2 Å². The largest absolute Gasteiger partial charge is 0.493 e. The van der Waals surface area contributed by atoms with Gasteiger partial charge in [0, 0.05) is 11.1 Å². The molecule has 0 aliphatic heterocycles. The van der Waals surface area contributed by atoms with Crippen LogP contribution in [0.15, 0.2) is 71.8 Å². The molecule has 8 heteroatoms. The Balaban J connectivity index is 1.51. The molecule has 3 aromatic carbocycles. The first kappa shape index (κ1) is 24.3. The highest BCUT2D eigenvalue weighted by Gasteiger charge is 2.12. The minimum Gasteiger partial charge on any atom is -0.493 e. The summed E-state index contributed by atoms with van der Waals surface area (Å²) >= 11 is 0. The zero-order chi connectivity index (χ0) is 24.3. The smallest absolute Gasteiger partial charge is 0.259 e. The van der Waals surface area contributed by atoms with Crippen molar-refractivity contribution in [3.63, 3.8) is 0 Å². The van der Waals surface area contributed by atoms with Crippen molar-refractivity contribution in [2.45, 2.75) is 13.5 Å². The van der Waals surface area contributed by atoms with Crippen LogP contribution in [0.3, 0.4) is 0 Å². The average molecular weight is 462 g/mol. The molecule has 0 radical (unpaired) electrons. The highest BCUT2D eigenvalue weighted by atomic mass is 16.5. The fourth-order valence-electron chi connectivity index (χ4n) is 3.02. The number of para-hydroxylation sites is 1. The summed E-state index contributed by atoms with van der Waals surface area (Å²) in [5.74, 6) is 0.683. The molecule has 0 aromatic heterocycles. The summed E-state index contributed by atoms with van der Waals surface area (Å²) < 4.78 is 16.2. The molecule has 2 N–H and O–H groups in total. The molecule has 0 aliphatic rings. The van der Waals surface area contributed by atoms with E-state index >= 15 is 0 Å². The molecule has 176 valence electrons. The lowest BCUT2D eigenvalue weighted by molar-refractivity contribution is -0.120. The Morgan fingerprint density at radius 3 is 2.38 bits per heavy atom. The number of hydrogen-bond donors (Lipinski definition) is 2. The van der Waals surface area contributed by atoms with Gasteiger partial charge in [-0.25, -0.2) is 5.43 Å². The van der Waals surface area contributed by atoms with Gasteiger partial charge in [-0.15, -0.1) is 0 Å². The maximum Gasteiger partial charge on any atom is 0.259 e. The summed E-state index contributed by atoms with van der Waals surface area (Å²) in [6, 6.07) is 20.2. The summed E-state index contributed by atoms with van der Waals surface area (Å²) in [5, 5.41) is 6.52. The van der Waals surface area contributed by atoms with E-state index in [9.17, 15) is 9.59 Å². The van der Waals surface area contributed by atoms with Crippen molar-refractivity contribution < 1.29 is 23.8 Å². The number of nitrogens with one attached hydrogen (secondary N) is 2. The van der Waals surface area contributed by atoms with Crippen LogP contribution in [0.4, 0.5) is 0 Å². The van der Waals surface area contributed by atoms with Crippen LogP contribution >= 0.6 is 0 Å². The van der Waals surface area contributed by atoms with E-state index < -0.39 is 11.8 Å². The summed E-state index contributed by atoms with van der Waals surface area (Å²) in [4.78, 5) is 24.4. The Bertz CT molecular complexity index is 1160. The van der Waals surface area contributed by atoms with Crippen molar-refractivity contribution in [2.24, 2.45) is 5.10 Å². The summed E-state index contributed by atoms with van der Waals surface area (Å²) in [7, 11) is 2.99. The van der Waals surface area contributed by atoms with Gasteiger partial charge >= 0.3 is 0 Å². The molecule has 0 fully saturated rings. The lowest BCUT2D eigenvalue weighted by atomic mass is 10.1. The Hall–Kier alpha value is -4.33. The summed E-state index contributed by atoms with van der Waals surface area (Å²) in [6.07, 6.45) is 1.50. The number of carbonyl (C=O) groups excluding carboxylic acids is 2. The number of nitrogens with zero attached hydrogens (tertiary/aromatic N) is 1. The molecule has 0 bridgehead atoms. The fraction of sp³-hybridized carbons (Fsp3) is 0.192. The molecule has 2 amide bonds. The van der Waals surface area contributed by atoms with Crippen LogP contribution < -0.4 is 25.0 Å². The Kier molecular flexibility index (Phi) is 8.62. The quantitative estimate of drug-likeness (QED) is 0.356. The van der Waals surface area contributed by atoms with Gasteiger partial charge in [-0.1, -0.05) is 42.0 Å². The number of methoxy groups -OCH3 is 2. The van der Waals surface area contributed by atoms with Gasteiger partial charge in [-0.3, -0.25) is 9.59 Å². The van der Waals surface area contributed by atoms with E-state index in [1.807, 2.05) is 55.5 Å². The van der Waals surface area contributed by atoms with E-state index in [4.69, 9.17) is 14.2 Å². The summed E-state index contributed by atoms with van der Waals surface area (Å²) in [6.45, 7) is 2.21. The molecule has 0 atom stereocenters. The molecule has 3 aromatic rings. The molecule has 0 saturated heterocycles. The third-order valence-electron chi connectivity index (χ3n) is 4.88. The Morgan fingerprint density at radius 1 is 0.912 bits per heavy atom. The van der Waals surface area contributed by atoms with Gasteiger partial charge in [0.2, 0.25) is 0 Å².